The molecule has 0 aliphatic carbocycles. The summed E-state index contributed by atoms with van der Waals surface area (Å²) in [5.74, 6) is 1.31. The number of para-hydroxylation sites is 1. The van der Waals surface area contributed by atoms with Gasteiger partial charge in [-0.15, -0.1) is 11.6 Å². The minimum absolute atomic E-state index is 0.0541. The van der Waals surface area contributed by atoms with E-state index >= 15 is 0 Å². The van der Waals surface area contributed by atoms with Crippen LogP contribution in [0, 0.1) is 0 Å². The lowest BCUT2D eigenvalue weighted by atomic mass is 10.2. The van der Waals surface area contributed by atoms with Crippen LogP contribution < -0.4 is 10.1 Å². The van der Waals surface area contributed by atoms with E-state index in [1.54, 1.807) is 7.11 Å². The molecule has 0 radical (unpaired) electrons. The number of halogens is 1. The van der Waals surface area contributed by atoms with Crippen molar-refractivity contribution in [1.29, 1.82) is 0 Å². The van der Waals surface area contributed by atoms with Crippen LogP contribution in [0.5, 0.6) is 5.75 Å². The molecule has 0 bridgehead atoms. The second-order valence-electron chi connectivity index (χ2n) is 3.81. The van der Waals surface area contributed by atoms with Crippen molar-refractivity contribution in [3.05, 3.63) is 23.8 Å². The van der Waals surface area contributed by atoms with Crippen molar-refractivity contribution in [2.45, 2.75) is 5.75 Å². The number of alkyl halides is 1. The summed E-state index contributed by atoms with van der Waals surface area (Å²) in [5.41, 5.74) is 1.82. The molecule has 0 aromatic heterocycles. The first-order chi connectivity index (χ1) is 8.08. The minimum atomic E-state index is -0.218. The topological polar surface area (TPSA) is 38.3 Å². The first-order valence-electron chi connectivity index (χ1n) is 5.14. The van der Waals surface area contributed by atoms with Crippen molar-refractivity contribution in [3.8, 4) is 5.75 Å². The molecule has 94 valence electrons. The van der Waals surface area contributed by atoms with Gasteiger partial charge in [0.2, 0.25) is 5.91 Å². The number of methoxy groups -OCH3 is 1. The van der Waals surface area contributed by atoms with Crippen molar-refractivity contribution in [2.24, 2.45) is 0 Å². The van der Waals surface area contributed by atoms with Crippen LogP contribution in [-0.2, 0) is 21.4 Å². The molecule has 0 aliphatic heterocycles. The quantitative estimate of drug-likeness (QED) is 0.661. The zero-order valence-corrected chi connectivity index (χ0v) is 11.8. The Hall–Kier alpha value is -0.870. The molecule has 17 heavy (non-hydrogen) atoms. The van der Waals surface area contributed by atoms with Gasteiger partial charge < -0.3 is 10.1 Å². The molecule has 0 spiro atoms. The van der Waals surface area contributed by atoms with Gasteiger partial charge in [0.15, 0.2) is 0 Å². The van der Waals surface area contributed by atoms with Crippen LogP contribution in [0.25, 0.3) is 0 Å². The molecule has 0 unspecified atom stereocenters. The van der Waals surface area contributed by atoms with Gasteiger partial charge in [-0.2, -0.15) is 0 Å². The molecule has 1 amide bonds. The number of nitrogens with one attached hydrogen (secondary N) is 1. The SMILES string of the molecule is COc1cccc(C[S+](C)C)c1NC(=O)CCl. The Bertz CT molecular complexity index is 396. The van der Waals surface area contributed by atoms with Gasteiger partial charge in [-0.05, 0) is 17.0 Å². The zero-order chi connectivity index (χ0) is 12.8. The molecule has 3 nitrogen and oxygen atoms in total. The number of carbonyl (C=O) groups excluding carboxylic acids is 1. The number of hydrogen-bond acceptors (Lipinski definition) is 2. The van der Waals surface area contributed by atoms with Crippen molar-refractivity contribution in [1.82, 2.24) is 0 Å². The maximum atomic E-state index is 11.4. The first kappa shape index (κ1) is 14.2. The van der Waals surface area contributed by atoms with E-state index in [4.69, 9.17) is 16.3 Å². The summed E-state index contributed by atoms with van der Waals surface area (Å²) in [6.07, 6.45) is 4.32. The van der Waals surface area contributed by atoms with Gasteiger partial charge in [-0.1, -0.05) is 12.1 Å². The number of anilines is 1. The fourth-order valence-corrected chi connectivity index (χ4v) is 2.42. The third-order valence-electron chi connectivity index (χ3n) is 2.16. The fraction of sp³-hybridized carbons (Fsp3) is 0.417. The monoisotopic (exact) mass is 274 g/mol. The fourth-order valence-electron chi connectivity index (χ4n) is 1.49. The molecule has 0 saturated carbocycles. The average molecular weight is 275 g/mol. The Morgan fingerprint density at radius 3 is 2.71 bits per heavy atom. The van der Waals surface area contributed by atoms with Crippen molar-refractivity contribution in [3.63, 3.8) is 0 Å². The van der Waals surface area contributed by atoms with Crippen LogP contribution in [0.1, 0.15) is 5.56 Å². The van der Waals surface area contributed by atoms with E-state index in [0.717, 1.165) is 17.0 Å². The number of ether oxygens (including phenoxy) is 1. The minimum Gasteiger partial charge on any atom is -0.495 e. The largest absolute Gasteiger partial charge is 0.495 e. The van der Waals surface area contributed by atoms with E-state index in [1.165, 1.54) is 0 Å². The molecule has 0 heterocycles. The summed E-state index contributed by atoms with van der Waals surface area (Å²) in [6.45, 7) is 0. The van der Waals surface area contributed by atoms with Crippen molar-refractivity contribution >= 4 is 34.1 Å². The van der Waals surface area contributed by atoms with Crippen LogP contribution in [0.3, 0.4) is 0 Å². The Balaban J connectivity index is 3.06. The van der Waals surface area contributed by atoms with Crippen molar-refractivity contribution < 1.29 is 9.53 Å². The van der Waals surface area contributed by atoms with E-state index in [0.29, 0.717) is 5.75 Å². The Morgan fingerprint density at radius 1 is 1.47 bits per heavy atom. The predicted octanol–water partition coefficient (Wildman–Crippen LogP) is 2.25. The predicted molar refractivity (Wildman–Crippen MR) is 75.3 cm³/mol. The summed E-state index contributed by atoms with van der Waals surface area (Å²) in [7, 11) is 1.85. The van der Waals surface area contributed by atoms with Gasteiger partial charge in [0.1, 0.15) is 17.4 Å². The van der Waals surface area contributed by atoms with Crippen LogP contribution in [0.15, 0.2) is 18.2 Å². The van der Waals surface area contributed by atoms with Crippen LogP contribution in [0.4, 0.5) is 5.69 Å². The normalized spacial score (nSPS) is 10.4. The van der Waals surface area contributed by atoms with Crippen LogP contribution in [-0.4, -0.2) is 31.4 Å². The second kappa shape index (κ2) is 6.77. The zero-order valence-electron chi connectivity index (χ0n) is 10.2. The number of rotatable bonds is 5. The highest BCUT2D eigenvalue weighted by molar-refractivity contribution is 7.94. The third kappa shape index (κ3) is 4.13. The Kier molecular flexibility index (Phi) is 5.65. The van der Waals surface area contributed by atoms with Gasteiger partial charge in [0.25, 0.3) is 0 Å². The molecular formula is C12H17ClNO2S+. The van der Waals surface area contributed by atoms with Gasteiger partial charge in [-0.3, -0.25) is 4.79 Å². The van der Waals surface area contributed by atoms with Gasteiger partial charge in [0.05, 0.1) is 25.3 Å². The second-order valence-corrected chi connectivity index (χ2v) is 6.33. The highest BCUT2D eigenvalue weighted by Gasteiger charge is 2.15. The molecule has 1 aromatic rings. The van der Waals surface area contributed by atoms with Crippen molar-refractivity contribution in [2.75, 3.05) is 30.8 Å². The summed E-state index contributed by atoms with van der Waals surface area (Å²) >= 11 is 5.50. The highest BCUT2D eigenvalue weighted by Crippen LogP contribution is 2.29. The molecule has 0 atom stereocenters. The van der Waals surface area contributed by atoms with E-state index < -0.39 is 0 Å². The van der Waals surface area contributed by atoms with Gasteiger partial charge >= 0.3 is 0 Å². The van der Waals surface area contributed by atoms with Crippen LogP contribution >= 0.6 is 11.6 Å². The molecule has 1 N–H and O–H groups in total. The molecular weight excluding hydrogens is 258 g/mol. The van der Waals surface area contributed by atoms with E-state index in [-0.39, 0.29) is 22.7 Å². The standard InChI is InChI=1S/C12H16ClNO2S/c1-16-10-6-4-5-9(8-17(2)3)12(10)14-11(15)7-13/h4-6H,7-8H2,1-3H3/p+1. The lowest BCUT2D eigenvalue weighted by molar-refractivity contribution is -0.113. The molecule has 5 heteroatoms. The molecule has 0 saturated heterocycles. The lowest BCUT2D eigenvalue weighted by Gasteiger charge is -2.13. The number of amides is 1. The highest BCUT2D eigenvalue weighted by atomic mass is 35.5. The summed E-state index contributed by atoms with van der Waals surface area (Å²) < 4.78 is 5.26. The maximum Gasteiger partial charge on any atom is 0.239 e. The number of benzene rings is 1. The average Bonchev–Trinajstić information content (AvgIpc) is 2.30. The van der Waals surface area contributed by atoms with E-state index in [2.05, 4.69) is 17.8 Å². The van der Waals surface area contributed by atoms with Crippen LogP contribution in [0.2, 0.25) is 0 Å². The molecule has 0 fully saturated rings. The molecule has 1 aromatic carbocycles. The Morgan fingerprint density at radius 2 is 2.18 bits per heavy atom. The maximum absolute atomic E-state index is 11.4. The summed E-state index contributed by atoms with van der Waals surface area (Å²) in [4.78, 5) is 11.4. The first-order valence-corrected chi connectivity index (χ1v) is 7.88. The third-order valence-corrected chi connectivity index (χ3v) is 3.29. The molecule has 0 aliphatic rings. The Labute approximate surface area is 110 Å². The lowest BCUT2D eigenvalue weighted by Crippen LogP contribution is -2.15. The smallest absolute Gasteiger partial charge is 0.239 e. The summed E-state index contributed by atoms with van der Waals surface area (Å²) in [5, 5.41) is 2.79. The van der Waals surface area contributed by atoms with E-state index in [1.807, 2.05) is 18.2 Å². The number of carbonyl (C=O) groups is 1. The number of hydrogen-bond donors (Lipinski definition) is 1. The molecule has 1 rings (SSSR count). The van der Waals surface area contributed by atoms with Gasteiger partial charge in [0, 0.05) is 5.56 Å². The summed E-state index contributed by atoms with van der Waals surface area (Å²) in [6, 6.07) is 5.76. The van der Waals surface area contributed by atoms with E-state index in [9.17, 15) is 4.79 Å². The van der Waals surface area contributed by atoms with Gasteiger partial charge in [-0.25, -0.2) is 0 Å².